The molecule has 0 heterocycles. The van der Waals surface area contributed by atoms with Crippen LogP contribution in [0.15, 0.2) is 62.8 Å². The van der Waals surface area contributed by atoms with Gasteiger partial charge in [0.1, 0.15) is 0 Å². The molecule has 0 unspecified atom stereocenters. The van der Waals surface area contributed by atoms with Crippen LogP contribution in [0, 0.1) is 6.92 Å². The zero-order valence-electron chi connectivity index (χ0n) is 40.7. The third-order valence-corrected chi connectivity index (χ3v) is 8.37. The van der Waals surface area contributed by atoms with Gasteiger partial charge in [-0.3, -0.25) is 16.7 Å². The molecule has 64 heavy (non-hydrogen) atoms. The summed E-state index contributed by atoms with van der Waals surface area (Å²) in [6, 6.07) is 12.7. The highest BCUT2D eigenvalue weighted by Crippen LogP contribution is 2.23. The highest BCUT2D eigenvalue weighted by atomic mass is 79.9. The second-order valence-electron chi connectivity index (χ2n) is 6.45. The van der Waals surface area contributed by atoms with E-state index >= 15 is 0 Å². The van der Waals surface area contributed by atoms with E-state index in [0.717, 1.165) is 37.6 Å². The van der Waals surface area contributed by atoms with Crippen molar-refractivity contribution in [3.63, 3.8) is 0 Å². The maximum absolute atomic E-state index is 11.1. The molecule has 2 N–H and O–H groups in total. The summed E-state index contributed by atoms with van der Waals surface area (Å²) >= 11 is 3.20. The molecule has 0 atom stereocenters. The van der Waals surface area contributed by atoms with Crippen molar-refractivity contribution < 1.29 is 63.6 Å². The largest absolute Gasteiger partial charge is 0.523 e. The number of nitrogens with two attached hydrogens (primary N) is 1. The van der Waals surface area contributed by atoms with Crippen LogP contribution in [0.5, 0.6) is 0 Å². The van der Waals surface area contributed by atoms with Gasteiger partial charge in [0.05, 0.1) is 44.5 Å². The van der Waals surface area contributed by atoms with Crippen LogP contribution in [0.1, 0.15) is 167 Å². The fraction of sp³-hybridized carbons (Fsp3) is 0.721. The monoisotopic (exact) mass is 1090 g/mol. The number of benzene rings is 2. The minimum Gasteiger partial charge on any atom is -0.333 e. The zero-order valence-corrected chi connectivity index (χ0v) is 45.6. The van der Waals surface area contributed by atoms with Crippen molar-refractivity contribution in [1.29, 1.82) is 0 Å². The lowest BCUT2D eigenvalue weighted by Gasteiger charge is -2.02. The summed E-state index contributed by atoms with van der Waals surface area (Å²) in [5.41, 5.74) is 0.215. The Morgan fingerprint density at radius 1 is 0.438 bits per heavy atom. The topological polar surface area (TPSA) is 199 Å². The van der Waals surface area contributed by atoms with E-state index in [1.165, 1.54) is 31.3 Å². The van der Waals surface area contributed by atoms with Crippen LogP contribution in [0.4, 0.5) is 13.2 Å². The third-order valence-electron chi connectivity index (χ3n) is 3.66. The van der Waals surface area contributed by atoms with Gasteiger partial charge in [0.25, 0.3) is 30.4 Å². The van der Waals surface area contributed by atoms with Crippen LogP contribution in [0.2, 0.25) is 0 Å². The highest BCUT2D eigenvalue weighted by Gasteiger charge is 2.46. The molecule has 0 bridgehead atoms. The first-order chi connectivity index (χ1) is 27.5. The molecule has 2 rings (SSSR count). The highest BCUT2D eigenvalue weighted by molar-refractivity contribution is 9.10. The standard InChI is InChI=1S/C8H10O3S.C7H7BrO3S.C2H3F3O3S.C2H6O3S.9C2H6.CH5N.5CH4/c1-7-3-5-8(6-4-7)12(9,10)11-2;1-11-12(9,10)7-4-2-6(8)3-5-7;1-8-9(6,7)2(3,4)5;1-5-6(2,3)4;10*1-2;;;;;/h3-6H,1-2H3;2-5H,1H3;1H3;1-2H3;9*1-2H3;2H2,1H3;5*1H4. The van der Waals surface area contributed by atoms with Crippen molar-refractivity contribution in [2.45, 2.75) is 184 Å². The molecule has 0 spiro atoms. The molecule has 406 valence electrons. The fourth-order valence-corrected chi connectivity index (χ4v) is 3.37. The molecule has 0 aliphatic rings. The van der Waals surface area contributed by atoms with Gasteiger partial charge in [-0.15, -0.1) is 0 Å². The molecule has 0 aromatic heterocycles. The summed E-state index contributed by atoms with van der Waals surface area (Å²) in [4.78, 5) is 0.351. The molecule has 0 saturated carbocycles. The van der Waals surface area contributed by atoms with Crippen molar-refractivity contribution in [2.24, 2.45) is 5.73 Å². The Balaban J connectivity index is -0.0000000268. The first-order valence-corrected chi connectivity index (χ1v) is 26.0. The smallest absolute Gasteiger partial charge is 0.333 e. The first kappa shape index (κ1) is 114. The molecule has 2 aromatic carbocycles. The Morgan fingerprint density at radius 3 is 0.750 bits per heavy atom. The lowest BCUT2D eigenvalue weighted by molar-refractivity contribution is -0.0526. The molecule has 0 aliphatic carbocycles. The van der Waals surface area contributed by atoms with Crippen molar-refractivity contribution in [3.8, 4) is 0 Å². The molecule has 13 nitrogen and oxygen atoms in total. The molecule has 0 aliphatic heterocycles. The third kappa shape index (κ3) is 80.6. The van der Waals surface area contributed by atoms with Gasteiger partial charge < -0.3 is 5.73 Å². The Labute approximate surface area is 407 Å². The number of alkyl halides is 3. The Hall–Kier alpha value is -1.69. The van der Waals surface area contributed by atoms with Gasteiger partial charge >= 0.3 is 15.6 Å². The van der Waals surface area contributed by atoms with E-state index in [0.29, 0.717) is 7.11 Å². The summed E-state index contributed by atoms with van der Waals surface area (Å²) in [6.07, 6.45) is 0.993. The van der Waals surface area contributed by atoms with E-state index in [9.17, 15) is 46.8 Å². The van der Waals surface area contributed by atoms with Crippen molar-refractivity contribution in [2.75, 3.05) is 41.7 Å². The maximum Gasteiger partial charge on any atom is 0.523 e. The van der Waals surface area contributed by atoms with Gasteiger partial charge in [-0.1, -0.05) is 195 Å². The number of hydrogen-bond acceptors (Lipinski definition) is 13. The van der Waals surface area contributed by atoms with Gasteiger partial charge in [-0.25, -0.2) is 0 Å². The summed E-state index contributed by atoms with van der Waals surface area (Å²) in [5.74, 6) is 0. The number of rotatable bonds is 6. The normalized spacial score (nSPS) is 8.28. The van der Waals surface area contributed by atoms with Crippen molar-refractivity contribution in [1.82, 2.24) is 0 Å². The molecular weight excluding hydrogens is 988 g/mol. The predicted octanol–water partition coefficient (Wildman–Crippen LogP) is 15.2. The van der Waals surface area contributed by atoms with Crippen LogP contribution in [-0.4, -0.2) is 80.9 Å². The van der Waals surface area contributed by atoms with Crippen molar-refractivity contribution in [3.05, 3.63) is 58.6 Å². The quantitative estimate of drug-likeness (QED) is 0.212. The van der Waals surface area contributed by atoms with Crippen LogP contribution in [0.25, 0.3) is 0 Å². The lowest BCUT2D eigenvalue weighted by Crippen LogP contribution is -2.23. The molecule has 2 aromatic rings. The molecule has 0 amide bonds. The molecule has 21 heteroatoms. The van der Waals surface area contributed by atoms with E-state index in [1.807, 2.05) is 132 Å². The van der Waals surface area contributed by atoms with E-state index in [4.69, 9.17) is 0 Å². The van der Waals surface area contributed by atoms with Crippen LogP contribution < -0.4 is 5.73 Å². The SMILES string of the molecule is C.C.C.C.C.CC.CC.CC.CC.CC.CC.CC.CC.CC.CN.COS(=O)(=O)C(F)(F)F.COS(=O)(=O)c1ccc(Br)cc1.COS(=O)(=O)c1ccc(C)cc1.COS(C)(=O)=O. The zero-order chi connectivity index (χ0) is 51.3. The van der Waals surface area contributed by atoms with Gasteiger partial charge in [-0.05, 0) is 50.4 Å². The number of hydrogen-bond donors (Lipinski definition) is 1. The minimum atomic E-state index is -5.34. The summed E-state index contributed by atoms with van der Waals surface area (Å²) in [6.45, 7) is 37.9. The number of aryl methyl sites for hydroxylation is 1. The Kier molecular flexibility index (Phi) is 145. The number of halogens is 4. The van der Waals surface area contributed by atoms with E-state index in [2.05, 4.69) is 38.4 Å². The van der Waals surface area contributed by atoms with Gasteiger partial charge in [-0.2, -0.15) is 46.8 Å². The molecular formula is C43H105BrF3NO12S4. The van der Waals surface area contributed by atoms with Crippen LogP contribution >= 0.6 is 15.9 Å². The minimum absolute atomic E-state index is 0. The average Bonchev–Trinajstić information content (AvgIpc) is 3.28. The van der Waals surface area contributed by atoms with Crippen LogP contribution in [0.3, 0.4) is 0 Å². The Morgan fingerprint density at radius 2 is 0.625 bits per heavy atom. The maximum atomic E-state index is 11.1. The van der Waals surface area contributed by atoms with Crippen LogP contribution in [-0.2, 0) is 57.2 Å². The fourth-order valence-electron chi connectivity index (χ4n) is 1.59. The van der Waals surface area contributed by atoms with E-state index in [1.54, 1.807) is 24.3 Å². The van der Waals surface area contributed by atoms with Gasteiger partial charge in [0, 0.05) is 4.47 Å². The Bertz CT molecular complexity index is 1390. The summed E-state index contributed by atoms with van der Waals surface area (Å²) < 4.78 is 133. The lowest BCUT2D eigenvalue weighted by atomic mass is 10.2. The van der Waals surface area contributed by atoms with E-state index < -0.39 is 46.0 Å². The summed E-state index contributed by atoms with van der Waals surface area (Å²) in [7, 11) is -10.2. The summed E-state index contributed by atoms with van der Waals surface area (Å²) in [5, 5.41) is 0. The first-order valence-electron chi connectivity index (χ1n) is 19.1. The molecule has 0 saturated heterocycles. The second-order valence-corrected chi connectivity index (χ2v) is 14.2. The molecule has 0 fully saturated rings. The average molecular weight is 1090 g/mol. The van der Waals surface area contributed by atoms with E-state index in [-0.39, 0.29) is 46.9 Å². The molecule has 0 radical (unpaired) electrons. The van der Waals surface area contributed by atoms with Gasteiger partial charge in [0.15, 0.2) is 0 Å². The van der Waals surface area contributed by atoms with Crippen molar-refractivity contribution >= 4 is 56.4 Å². The van der Waals surface area contributed by atoms with Gasteiger partial charge in [0.2, 0.25) is 0 Å². The second kappa shape index (κ2) is 81.5. The predicted molar refractivity (Wildman–Crippen MR) is 283 cm³/mol.